The predicted molar refractivity (Wildman–Crippen MR) is 122 cm³/mol. The maximum Gasteiger partial charge on any atom is 0.117 e. The summed E-state index contributed by atoms with van der Waals surface area (Å²) in [7, 11) is 1.87. The minimum Gasteiger partial charge on any atom is -0.386 e. The Balaban J connectivity index is 1.88. The molecule has 3 heteroatoms. The first-order valence-corrected chi connectivity index (χ1v) is 10.3. The highest BCUT2D eigenvalue weighted by molar-refractivity contribution is 5.33. The zero-order valence-corrected chi connectivity index (χ0v) is 17.5. The standard InChI is InChI=1S/C27H28N2O/c1-21(27(30)24-16-10-5-11-17-24)29(2)26(20-28)19-25(23-14-8-4-9-15-23)18-22-12-6-3-7-13-22/h3-17,19,21,25,27,30H,18H2,1-2H3/b26-19+/t21-,25+,27-/m0/s1. The van der Waals surface area contributed by atoms with Crippen LogP contribution in [0.3, 0.4) is 0 Å². The number of aliphatic hydroxyl groups excluding tert-OH is 1. The molecule has 0 fully saturated rings. The summed E-state index contributed by atoms with van der Waals surface area (Å²) in [5.41, 5.74) is 3.79. The minimum absolute atomic E-state index is 0.0618. The summed E-state index contributed by atoms with van der Waals surface area (Å²) in [5.74, 6) is 0.0618. The van der Waals surface area contributed by atoms with Gasteiger partial charge in [0.1, 0.15) is 11.8 Å². The third kappa shape index (κ3) is 5.37. The van der Waals surface area contributed by atoms with Crippen LogP contribution in [0.2, 0.25) is 0 Å². The number of rotatable bonds is 8. The average Bonchev–Trinajstić information content (AvgIpc) is 2.82. The zero-order chi connectivity index (χ0) is 21.3. The average molecular weight is 397 g/mol. The van der Waals surface area contributed by atoms with Crippen LogP contribution in [0.25, 0.3) is 0 Å². The molecule has 0 radical (unpaired) electrons. The lowest BCUT2D eigenvalue weighted by Gasteiger charge is -2.31. The van der Waals surface area contributed by atoms with E-state index in [1.54, 1.807) is 0 Å². The summed E-state index contributed by atoms with van der Waals surface area (Å²) >= 11 is 0. The predicted octanol–water partition coefficient (Wildman–Crippen LogP) is 5.47. The van der Waals surface area contributed by atoms with Crippen LogP contribution in [0, 0.1) is 11.3 Å². The van der Waals surface area contributed by atoms with Gasteiger partial charge < -0.3 is 10.0 Å². The SMILES string of the molecule is C[C@@H]([C@H](O)c1ccccc1)N(C)/C(C#N)=C/[C@@H](Cc1ccccc1)c1ccccc1. The van der Waals surface area contributed by atoms with E-state index in [-0.39, 0.29) is 12.0 Å². The molecule has 0 aliphatic carbocycles. The fourth-order valence-corrected chi connectivity index (χ4v) is 3.63. The molecule has 30 heavy (non-hydrogen) atoms. The first kappa shape index (κ1) is 21.4. The number of benzene rings is 3. The normalized spacial score (nSPS) is 14.4. The monoisotopic (exact) mass is 396 g/mol. The second-order valence-electron chi connectivity index (χ2n) is 7.58. The Morgan fingerprint density at radius 3 is 1.93 bits per heavy atom. The Morgan fingerprint density at radius 1 is 0.900 bits per heavy atom. The first-order valence-electron chi connectivity index (χ1n) is 10.3. The van der Waals surface area contributed by atoms with Crippen molar-refractivity contribution in [2.75, 3.05) is 7.05 Å². The number of nitriles is 1. The molecule has 1 N–H and O–H groups in total. The molecule has 0 aliphatic heterocycles. The third-order valence-corrected chi connectivity index (χ3v) is 5.59. The van der Waals surface area contributed by atoms with Crippen molar-refractivity contribution >= 4 is 0 Å². The maximum absolute atomic E-state index is 10.8. The second kappa shape index (κ2) is 10.4. The van der Waals surface area contributed by atoms with Gasteiger partial charge in [0.25, 0.3) is 0 Å². The molecule has 0 aliphatic rings. The summed E-state index contributed by atoms with van der Waals surface area (Å²) in [6, 6.07) is 32.3. The zero-order valence-electron chi connectivity index (χ0n) is 17.5. The van der Waals surface area contributed by atoms with Crippen molar-refractivity contribution in [1.29, 1.82) is 5.26 Å². The molecular weight excluding hydrogens is 368 g/mol. The molecule has 0 aromatic heterocycles. The quantitative estimate of drug-likeness (QED) is 0.513. The van der Waals surface area contributed by atoms with E-state index < -0.39 is 6.10 Å². The van der Waals surface area contributed by atoms with E-state index in [1.807, 2.05) is 91.7 Å². The molecule has 3 rings (SSSR count). The molecule has 3 atom stereocenters. The number of nitrogens with zero attached hydrogens (tertiary/aromatic N) is 2. The topological polar surface area (TPSA) is 47.3 Å². The number of hydrogen-bond donors (Lipinski definition) is 1. The minimum atomic E-state index is -0.683. The molecule has 0 saturated heterocycles. The maximum atomic E-state index is 10.8. The van der Waals surface area contributed by atoms with Gasteiger partial charge >= 0.3 is 0 Å². The molecule has 0 spiro atoms. The molecule has 0 heterocycles. The Kier molecular flexibility index (Phi) is 7.43. The van der Waals surface area contributed by atoms with E-state index in [0.717, 1.165) is 12.0 Å². The highest BCUT2D eigenvalue weighted by Crippen LogP contribution is 2.27. The van der Waals surface area contributed by atoms with Crippen LogP contribution in [0.1, 0.15) is 35.6 Å². The lowest BCUT2D eigenvalue weighted by molar-refractivity contribution is 0.0911. The molecular formula is C27H28N2O. The summed E-state index contributed by atoms with van der Waals surface area (Å²) in [6.45, 7) is 1.94. The smallest absolute Gasteiger partial charge is 0.117 e. The number of allylic oxidation sites excluding steroid dienone is 2. The van der Waals surface area contributed by atoms with Gasteiger partial charge in [-0.3, -0.25) is 0 Å². The Labute approximate surface area is 179 Å². The molecule has 3 nitrogen and oxygen atoms in total. The Hall–Kier alpha value is -3.35. The fourth-order valence-electron chi connectivity index (χ4n) is 3.63. The lowest BCUT2D eigenvalue weighted by atomic mass is 9.90. The summed E-state index contributed by atoms with van der Waals surface area (Å²) < 4.78 is 0. The van der Waals surface area contributed by atoms with Crippen molar-refractivity contribution in [2.45, 2.75) is 31.4 Å². The van der Waals surface area contributed by atoms with Gasteiger partial charge in [-0.15, -0.1) is 0 Å². The lowest BCUT2D eigenvalue weighted by Crippen LogP contribution is -2.33. The molecule has 0 unspecified atom stereocenters. The molecule has 0 amide bonds. The van der Waals surface area contributed by atoms with Crippen LogP contribution in [0.5, 0.6) is 0 Å². The van der Waals surface area contributed by atoms with Crippen LogP contribution in [0.15, 0.2) is 103 Å². The van der Waals surface area contributed by atoms with Crippen LogP contribution in [-0.4, -0.2) is 23.1 Å². The van der Waals surface area contributed by atoms with Gasteiger partial charge in [-0.1, -0.05) is 91.0 Å². The summed E-state index contributed by atoms with van der Waals surface area (Å²) in [5, 5.41) is 20.7. The number of aliphatic hydroxyl groups is 1. The van der Waals surface area contributed by atoms with Gasteiger partial charge in [-0.25, -0.2) is 0 Å². The van der Waals surface area contributed by atoms with Gasteiger partial charge in [0.2, 0.25) is 0 Å². The number of likely N-dealkylation sites (N-methyl/N-ethyl adjacent to an activating group) is 1. The molecule has 0 saturated carbocycles. The van der Waals surface area contributed by atoms with Crippen molar-refractivity contribution in [2.24, 2.45) is 0 Å². The van der Waals surface area contributed by atoms with Gasteiger partial charge in [0, 0.05) is 13.0 Å². The third-order valence-electron chi connectivity index (χ3n) is 5.59. The van der Waals surface area contributed by atoms with Gasteiger partial charge in [-0.05, 0) is 36.1 Å². The van der Waals surface area contributed by atoms with E-state index in [4.69, 9.17) is 0 Å². The van der Waals surface area contributed by atoms with Crippen LogP contribution >= 0.6 is 0 Å². The van der Waals surface area contributed by atoms with Crippen molar-refractivity contribution in [3.05, 3.63) is 119 Å². The van der Waals surface area contributed by atoms with Crippen molar-refractivity contribution in [1.82, 2.24) is 4.90 Å². The summed E-state index contributed by atoms with van der Waals surface area (Å²) in [6.07, 6.45) is 2.15. The molecule has 152 valence electrons. The van der Waals surface area contributed by atoms with Gasteiger partial charge in [-0.2, -0.15) is 5.26 Å². The largest absolute Gasteiger partial charge is 0.386 e. The van der Waals surface area contributed by atoms with Crippen LogP contribution < -0.4 is 0 Å². The Morgan fingerprint density at radius 2 is 1.40 bits per heavy atom. The van der Waals surface area contributed by atoms with Gasteiger partial charge in [0.05, 0.1) is 12.1 Å². The van der Waals surface area contributed by atoms with E-state index in [1.165, 1.54) is 11.1 Å². The first-order chi connectivity index (χ1) is 14.6. The Bertz CT molecular complexity index is 978. The second-order valence-corrected chi connectivity index (χ2v) is 7.58. The van der Waals surface area contributed by atoms with Crippen molar-refractivity contribution in [3.8, 4) is 6.07 Å². The van der Waals surface area contributed by atoms with E-state index in [2.05, 4.69) is 30.3 Å². The van der Waals surface area contributed by atoms with E-state index in [9.17, 15) is 10.4 Å². The van der Waals surface area contributed by atoms with E-state index >= 15 is 0 Å². The van der Waals surface area contributed by atoms with Crippen molar-refractivity contribution in [3.63, 3.8) is 0 Å². The van der Waals surface area contributed by atoms with Gasteiger partial charge in [0.15, 0.2) is 0 Å². The number of hydrogen-bond acceptors (Lipinski definition) is 3. The van der Waals surface area contributed by atoms with E-state index in [0.29, 0.717) is 5.70 Å². The van der Waals surface area contributed by atoms with Crippen molar-refractivity contribution < 1.29 is 5.11 Å². The molecule has 3 aromatic carbocycles. The molecule has 0 bridgehead atoms. The molecule has 3 aromatic rings. The highest BCUT2D eigenvalue weighted by Gasteiger charge is 2.23. The van der Waals surface area contributed by atoms with Crippen LogP contribution in [0.4, 0.5) is 0 Å². The highest BCUT2D eigenvalue weighted by atomic mass is 16.3. The summed E-state index contributed by atoms with van der Waals surface area (Å²) in [4.78, 5) is 1.87. The van der Waals surface area contributed by atoms with Crippen LogP contribution in [-0.2, 0) is 6.42 Å². The fraction of sp³-hybridized carbons (Fsp3) is 0.222.